The van der Waals surface area contributed by atoms with Crippen LogP contribution in [-0.2, 0) is 11.3 Å². The fourth-order valence-electron chi connectivity index (χ4n) is 3.53. The summed E-state index contributed by atoms with van der Waals surface area (Å²) in [4.78, 5) is 15.3. The normalized spacial score (nSPS) is 11.8. The van der Waals surface area contributed by atoms with Crippen LogP contribution in [0.5, 0.6) is 11.5 Å². The van der Waals surface area contributed by atoms with E-state index in [-0.39, 0.29) is 5.91 Å². The van der Waals surface area contributed by atoms with Gasteiger partial charge in [0.1, 0.15) is 6.04 Å². The standard InChI is InChI=1S/C25H28N2O3/c1-18-13-15-21(16-14-18)26-25(28)23(19-9-6-5-7-10-19)27(2)17-20-11-8-12-22(29-3)24(20)30-4/h5-16,23H,17H2,1-4H3,(H,26,28)/t23-/m1/s1. The quantitative estimate of drug-likeness (QED) is 0.585. The number of rotatable bonds is 8. The zero-order valence-electron chi connectivity index (χ0n) is 17.9. The number of methoxy groups -OCH3 is 2. The van der Waals surface area contributed by atoms with Crippen LogP contribution in [-0.4, -0.2) is 32.1 Å². The summed E-state index contributed by atoms with van der Waals surface area (Å²) in [5, 5.41) is 3.05. The third-order valence-corrected chi connectivity index (χ3v) is 5.03. The van der Waals surface area contributed by atoms with Crippen LogP contribution >= 0.6 is 0 Å². The number of nitrogens with zero attached hydrogens (tertiary/aromatic N) is 1. The lowest BCUT2D eigenvalue weighted by Crippen LogP contribution is -2.34. The van der Waals surface area contributed by atoms with Gasteiger partial charge in [-0.2, -0.15) is 0 Å². The zero-order chi connectivity index (χ0) is 21.5. The van der Waals surface area contributed by atoms with Crippen LogP contribution in [0.4, 0.5) is 5.69 Å². The molecule has 3 rings (SSSR count). The summed E-state index contributed by atoms with van der Waals surface area (Å²) in [5.74, 6) is 1.26. The molecule has 1 amide bonds. The lowest BCUT2D eigenvalue weighted by atomic mass is 10.0. The largest absolute Gasteiger partial charge is 0.493 e. The number of benzene rings is 3. The van der Waals surface area contributed by atoms with E-state index in [0.29, 0.717) is 18.0 Å². The molecule has 5 nitrogen and oxygen atoms in total. The maximum Gasteiger partial charge on any atom is 0.246 e. The Morgan fingerprint density at radius 1 is 0.933 bits per heavy atom. The first-order valence-corrected chi connectivity index (χ1v) is 9.86. The van der Waals surface area contributed by atoms with Gasteiger partial charge in [0.15, 0.2) is 11.5 Å². The Hall–Kier alpha value is -3.31. The average molecular weight is 405 g/mol. The predicted molar refractivity (Wildman–Crippen MR) is 120 cm³/mol. The molecule has 1 N–H and O–H groups in total. The van der Waals surface area contributed by atoms with Crippen molar-refractivity contribution in [2.24, 2.45) is 0 Å². The Balaban J connectivity index is 1.89. The highest BCUT2D eigenvalue weighted by Gasteiger charge is 2.26. The Morgan fingerprint density at radius 2 is 1.63 bits per heavy atom. The highest BCUT2D eigenvalue weighted by Crippen LogP contribution is 2.33. The van der Waals surface area contributed by atoms with Gasteiger partial charge in [0, 0.05) is 17.8 Å². The molecule has 1 atom stereocenters. The maximum absolute atomic E-state index is 13.3. The van der Waals surface area contributed by atoms with Gasteiger partial charge in [0.05, 0.1) is 14.2 Å². The number of carbonyl (C=O) groups excluding carboxylic acids is 1. The van der Waals surface area contributed by atoms with Crippen LogP contribution in [0.15, 0.2) is 72.8 Å². The minimum atomic E-state index is -0.469. The molecule has 0 saturated carbocycles. The molecule has 0 aliphatic heterocycles. The van der Waals surface area contributed by atoms with Crippen LogP contribution in [0.3, 0.4) is 0 Å². The van der Waals surface area contributed by atoms with Crippen molar-refractivity contribution in [3.63, 3.8) is 0 Å². The van der Waals surface area contributed by atoms with Gasteiger partial charge in [-0.05, 0) is 37.7 Å². The number of aryl methyl sites for hydroxylation is 1. The van der Waals surface area contributed by atoms with E-state index < -0.39 is 6.04 Å². The van der Waals surface area contributed by atoms with Crippen LogP contribution in [0, 0.1) is 6.92 Å². The van der Waals surface area contributed by atoms with Gasteiger partial charge >= 0.3 is 0 Å². The highest BCUT2D eigenvalue weighted by atomic mass is 16.5. The molecular formula is C25H28N2O3. The fourth-order valence-corrected chi connectivity index (χ4v) is 3.53. The minimum Gasteiger partial charge on any atom is -0.493 e. The summed E-state index contributed by atoms with van der Waals surface area (Å²) in [6, 6.07) is 22.9. The van der Waals surface area contributed by atoms with Gasteiger partial charge in [0.2, 0.25) is 5.91 Å². The number of para-hydroxylation sites is 1. The molecule has 0 aliphatic rings. The van der Waals surface area contributed by atoms with Crippen molar-refractivity contribution in [2.45, 2.75) is 19.5 Å². The lowest BCUT2D eigenvalue weighted by Gasteiger charge is -2.28. The Labute approximate surface area is 178 Å². The average Bonchev–Trinajstić information content (AvgIpc) is 2.76. The molecule has 5 heteroatoms. The van der Waals surface area contributed by atoms with Crippen molar-refractivity contribution in [3.8, 4) is 11.5 Å². The van der Waals surface area contributed by atoms with E-state index in [4.69, 9.17) is 9.47 Å². The van der Waals surface area contributed by atoms with Crippen LogP contribution in [0.25, 0.3) is 0 Å². The molecule has 0 aromatic heterocycles. The molecule has 0 spiro atoms. The lowest BCUT2D eigenvalue weighted by molar-refractivity contribution is -0.121. The van der Waals surface area contributed by atoms with Crippen LogP contribution in [0.1, 0.15) is 22.7 Å². The maximum atomic E-state index is 13.3. The molecule has 156 valence electrons. The Kier molecular flexibility index (Phi) is 7.09. The number of amides is 1. The summed E-state index contributed by atoms with van der Waals surface area (Å²) in [5.41, 5.74) is 3.80. The summed E-state index contributed by atoms with van der Waals surface area (Å²) >= 11 is 0. The van der Waals surface area contributed by atoms with Crippen molar-refractivity contribution in [2.75, 3.05) is 26.6 Å². The number of ether oxygens (including phenoxy) is 2. The van der Waals surface area contributed by atoms with Gasteiger partial charge in [-0.25, -0.2) is 0 Å². The molecule has 0 radical (unpaired) electrons. The van der Waals surface area contributed by atoms with Gasteiger partial charge in [0.25, 0.3) is 0 Å². The minimum absolute atomic E-state index is 0.0885. The molecule has 3 aromatic rings. The third-order valence-electron chi connectivity index (χ3n) is 5.03. The first-order chi connectivity index (χ1) is 14.5. The van der Waals surface area contributed by atoms with E-state index in [0.717, 1.165) is 22.4 Å². The number of anilines is 1. The van der Waals surface area contributed by atoms with E-state index in [2.05, 4.69) is 5.32 Å². The first-order valence-electron chi connectivity index (χ1n) is 9.86. The highest BCUT2D eigenvalue weighted by molar-refractivity contribution is 5.95. The number of hydrogen-bond donors (Lipinski definition) is 1. The summed E-state index contributed by atoms with van der Waals surface area (Å²) in [6.07, 6.45) is 0. The van der Waals surface area contributed by atoms with Crippen molar-refractivity contribution in [1.82, 2.24) is 4.90 Å². The first kappa shape index (κ1) is 21.4. The molecule has 0 fully saturated rings. The van der Waals surface area contributed by atoms with Gasteiger partial charge in [-0.1, -0.05) is 60.2 Å². The monoisotopic (exact) mass is 404 g/mol. The van der Waals surface area contributed by atoms with Gasteiger partial charge < -0.3 is 14.8 Å². The predicted octanol–water partition coefficient (Wildman–Crippen LogP) is 4.82. The van der Waals surface area contributed by atoms with Crippen molar-refractivity contribution < 1.29 is 14.3 Å². The second kappa shape index (κ2) is 9.94. The Bertz CT molecular complexity index is 971. The van der Waals surface area contributed by atoms with Crippen molar-refractivity contribution in [3.05, 3.63) is 89.5 Å². The molecule has 3 aromatic carbocycles. The number of carbonyl (C=O) groups is 1. The smallest absolute Gasteiger partial charge is 0.246 e. The Morgan fingerprint density at radius 3 is 2.27 bits per heavy atom. The molecule has 0 saturated heterocycles. The molecule has 0 unspecified atom stereocenters. The second-order valence-electron chi connectivity index (χ2n) is 7.24. The van der Waals surface area contributed by atoms with Crippen molar-refractivity contribution >= 4 is 11.6 Å². The molecule has 0 aliphatic carbocycles. The van der Waals surface area contributed by atoms with Gasteiger partial charge in [-0.3, -0.25) is 9.69 Å². The summed E-state index contributed by atoms with van der Waals surface area (Å²) in [7, 11) is 5.18. The van der Waals surface area contributed by atoms with Crippen LogP contribution in [0.2, 0.25) is 0 Å². The van der Waals surface area contributed by atoms with Gasteiger partial charge in [-0.15, -0.1) is 0 Å². The SMILES string of the molecule is COc1cccc(CN(C)[C@@H](C(=O)Nc2ccc(C)cc2)c2ccccc2)c1OC. The van der Waals surface area contributed by atoms with E-state index in [1.807, 2.05) is 91.7 Å². The molecule has 30 heavy (non-hydrogen) atoms. The summed E-state index contributed by atoms with van der Waals surface area (Å²) < 4.78 is 11.0. The third kappa shape index (κ3) is 4.99. The number of hydrogen-bond acceptors (Lipinski definition) is 4. The second-order valence-corrected chi connectivity index (χ2v) is 7.24. The van der Waals surface area contributed by atoms with Crippen LogP contribution < -0.4 is 14.8 Å². The summed E-state index contributed by atoms with van der Waals surface area (Å²) in [6.45, 7) is 2.54. The van der Waals surface area contributed by atoms with E-state index in [9.17, 15) is 4.79 Å². The zero-order valence-corrected chi connectivity index (χ0v) is 17.9. The van der Waals surface area contributed by atoms with E-state index >= 15 is 0 Å². The van der Waals surface area contributed by atoms with E-state index in [1.54, 1.807) is 14.2 Å². The molecular weight excluding hydrogens is 376 g/mol. The molecule has 0 heterocycles. The topological polar surface area (TPSA) is 50.8 Å². The molecule has 0 bridgehead atoms. The number of nitrogens with one attached hydrogen (secondary N) is 1. The fraction of sp³-hybridized carbons (Fsp3) is 0.240. The van der Waals surface area contributed by atoms with E-state index in [1.165, 1.54) is 0 Å². The number of likely N-dealkylation sites (N-methyl/N-ethyl adjacent to an activating group) is 1. The van der Waals surface area contributed by atoms with Crippen molar-refractivity contribution in [1.29, 1.82) is 0 Å².